The van der Waals surface area contributed by atoms with Crippen LogP contribution in [0.3, 0.4) is 0 Å². The molecule has 7 nitrogen and oxygen atoms in total. The molecule has 30 heavy (non-hydrogen) atoms. The minimum atomic E-state index is -4.02. The normalized spacial score (nSPS) is 15.2. The van der Waals surface area contributed by atoms with Gasteiger partial charge in [-0.25, -0.2) is 0 Å². The van der Waals surface area contributed by atoms with E-state index < -0.39 is 15.9 Å². The van der Waals surface area contributed by atoms with Gasteiger partial charge in [0.25, 0.3) is 10.1 Å². The molecular formula is C22H33N3O4S. The number of carbonyl (C=O) groups excluding carboxylic acids is 1. The van der Waals surface area contributed by atoms with Crippen LogP contribution in [-0.4, -0.2) is 36.8 Å². The lowest BCUT2D eigenvalue weighted by Gasteiger charge is -2.06. The topological polar surface area (TPSA) is 108 Å². The minimum Gasteiger partial charge on any atom is -0.355 e. The molecule has 0 aromatic heterocycles. The third-order valence-corrected chi connectivity index (χ3v) is 5.21. The maximum atomic E-state index is 11.5. The molecule has 0 unspecified atom stereocenters. The SMILES string of the molecule is C#CCCCC1(CCC=CCC=CCC=CCCCC(=O)NCCS(=O)(=O)O)N=N1. The summed E-state index contributed by atoms with van der Waals surface area (Å²) >= 11 is 0. The monoisotopic (exact) mass is 435 g/mol. The fraction of sp³-hybridized carbons (Fsp3) is 0.591. The van der Waals surface area contributed by atoms with E-state index in [0.29, 0.717) is 12.8 Å². The third kappa shape index (κ3) is 14.7. The molecule has 0 aliphatic carbocycles. The summed E-state index contributed by atoms with van der Waals surface area (Å²) in [6, 6.07) is 0. The second kappa shape index (κ2) is 14.7. The third-order valence-electron chi connectivity index (χ3n) is 4.49. The van der Waals surface area contributed by atoms with Crippen molar-refractivity contribution in [2.24, 2.45) is 10.2 Å². The van der Waals surface area contributed by atoms with E-state index in [1.165, 1.54) is 0 Å². The summed E-state index contributed by atoms with van der Waals surface area (Å²) in [6.45, 7) is -0.0647. The van der Waals surface area contributed by atoms with Crippen molar-refractivity contribution in [1.29, 1.82) is 0 Å². The van der Waals surface area contributed by atoms with E-state index in [9.17, 15) is 13.2 Å². The van der Waals surface area contributed by atoms with Crippen molar-refractivity contribution < 1.29 is 17.8 Å². The van der Waals surface area contributed by atoms with Crippen molar-refractivity contribution in [2.75, 3.05) is 12.3 Å². The minimum absolute atomic E-state index is 0.0647. The van der Waals surface area contributed by atoms with Crippen LogP contribution in [0.4, 0.5) is 0 Å². The quantitative estimate of drug-likeness (QED) is 0.153. The first-order valence-electron chi connectivity index (χ1n) is 10.4. The van der Waals surface area contributed by atoms with E-state index in [1.54, 1.807) is 0 Å². The number of amides is 1. The van der Waals surface area contributed by atoms with Gasteiger partial charge in [-0.3, -0.25) is 9.35 Å². The maximum absolute atomic E-state index is 11.5. The average molecular weight is 436 g/mol. The molecule has 1 heterocycles. The van der Waals surface area contributed by atoms with E-state index in [0.717, 1.165) is 51.4 Å². The molecule has 0 aromatic carbocycles. The van der Waals surface area contributed by atoms with Crippen LogP contribution in [0, 0.1) is 12.3 Å². The molecule has 1 amide bonds. The van der Waals surface area contributed by atoms with Crippen molar-refractivity contribution in [3.8, 4) is 12.3 Å². The van der Waals surface area contributed by atoms with Gasteiger partial charge in [-0.2, -0.15) is 18.6 Å². The maximum Gasteiger partial charge on any atom is 0.266 e. The standard InChI is InChI=1S/C22H33N3O4S/c1-2-3-14-17-22(24-25-22)18-15-12-10-8-6-4-5-7-9-11-13-16-21(26)23-19-20-30(27,28)29/h1,4,6-7,9-10,12H,3,5,8,11,13-20H2,(H,23,26)(H,27,28,29). The number of nitrogens with zero attached hydrogens (tertiary/aromatic N) is 2. The largest absolute Gasteiger partial charge is 0.355 e. The first kappa shape index (κ1) is 25.8. The van der Waals surface area contributed by atoms with Crippen molar-refractivity contribution in [3.05, 3.63) is 36.5 Å². The van der Waals surface area contributed by atoms with Gasteiger partial charge in [-0.1, -0.05) is 36.5 Å². The Balaban J connectivity index is 1.96. The molecule has 0 saturated heterocycles. The van der Waals surface area contributed by atoms with Crippen molar-refractivity contribution in [2.45, 2.75) is 69.9 Å². The van der Waals surface area contributed by atoms with E-state index >= 15 is 0 Å². The zero-order chi connectivity index (χ0) is 22.1. The lowest BCUT2D eigenvalue weighted by atomic mass is 10.0. The van der Waals surface area contributed by atoms with Crippen molar-refractivity contribution >= 4 is 16.0 Å². The van der Waals surface area contributed by atoms with Crippen LogP contribution in [0.1, 0.15) is 64.2 Å². The van der Waals surface area contributed by atoms with E-state index in [1.807, 2.05) is 6.08 Å². The predicted octanol–water partition coefficient (Wildman–Crippen LogP) is 4.36. The lowest BCUT2D eigenvalue weighted by Crippen LogP contribution is -2.28. The molecule has 0 aromatic rings. The summed E-state index contributed by atoms with van der Waals surface area (Å²) in [4.78, 5) is 11.5. The van der Waals surface area contributed by atoms with Gasteiger partial charge in [0.05, 0.1) is 5.75 Å². The number of hydrogen-bond donors (Lipinski definition) is 2. The highest BCUT2D eigenvalue weighted by atomic mass is 32.2. The Hall–Kier alpha value is -2.24. The van der Waals surface area contributed by atoms with Crippen LogP contribution >= 0.6 is 0 Å². The van der Waals surface area contributed by atoms with Gasteiger partial charge in [-0.05, 0) is 51.4 Å². The van der Waals surface area contributed by atoms with Crippen LogP contribution in [-0.2, 0) is 14.9 Å². The fourth-order valence-electron chi connectivity index (χ4n) is 2.75. The van der Waals surface area contributed by atoms with Crippen LogP contribution in [0.2, 0.25) is 0 Å². The fourth-order valence-corrected chi connectivity index (χ4v) is 3.11. The van der Waals surface area contributed by atoms with Crippen LogP contribution in [0.5, 0.6) is 0 Å². The second-order valence-electron chi connectivity index (χ2n) is 7.19. The van der Waals surface area contributed by atoms with E-state index in [2.05, 4.69) is 51.8 Å². The number of hydrogen-bond acceptors (Lipinski definition) is 5. The molecule has 0 spiro atoms. The molecule has 0 radical (unpaired) electrons. The summed E-state index contributed by atoms with van der Waals surface area (Å²) in [7, 11) is -4.02. The predicted molar refractivity (Wildman–Crippen MR) is 119 cm³/mol. The first-order chi connectivity index (χ1) is 14.4. The summed E-state index contributed by atoms with van der Waals surface area (Å²) in [6.07, 6.45) is 26.1. The Labute approximate surface area is 180 Å². The Morgan fingerprint density at radius 3 is 2.23 bits per heavy atom. The summed E-state index contributed by atoms with van der Waals surface area (Å²) in [5, 5.41) is 10.8. The van der Waals surface area contributed by atoms with Gasteiger partial charge in [0.1, 0.15) is 0 Å². The van der Waals surface area contributed by atoms with E-state index in [-0.39, 0.29) is 18.1 Å². The van der Waals surface area contributed by atoms with Crippen LogP contribution in [0.25, 0.3) is 0 Å². The highest BCUT2D eigenvalue weighted by Gasteiger charge is 2.37. The number of nitrogens with one attached hydrogen (secondary N) is 1. The smallest absolute Gasteiger partial charge is 0.266 e. The average Bonchev–Trinajstić information content (AvgIpc) is 3.44. The van der Waals surface area contributed by atoms with Gasteiger partial charge in [-0.15, -0.1) is 12.3 Å². The van der Waals surface area contributed by atoms with Crippen LogP contribution in [0.15, 0.2) is 46.7 Å². The van der Waals surface area contributed by atoms with Gasteiger partial charge < -0.3 is 5.32 Å². The number of terminal acetylenes is 1. The first-order valence-corrected chi connectivity index (χ1v) is 12.0. The molecule has 8 heteroatoms. The number of carbonyl (C=O) groups is 1. The number of allylic oxidation sites excluding steroid dienone is 6. The summed E-state index contributed by atoms with van der Waals surface area (Å²) in [5.74, 6) is 1.98. The van der Waals surface area contributed by atoms with Gasteiger partial charge in [0.15, 0.2) is 5.66 Å². The molecule has 1 aliphatic heterocycles. The Kier molecular flexibility index (Phi) is 12.6. The van der Waals surface area contributed by atoms with Crippen molar-refractivity contribution in [1.82, 2.24) is 5.32 Å². The molecular weight excluding hydrogens is 402 g/mol. The highest BCUT2D eigenvalue weighted by molar-refractivity contribution is 7.85. The molecule has 0 fully saturated rings. The van der Waals surface area contributed by atoms with Crippen LogP contribution < -0.4 is 5.32 Å². The molecule has 1 aliphatic rings. The Bertz CT molecular complexity index is 771. The zero-order valence-corrected chi connectivity index (χ0v) is 18.3. The number of rotatable bonds is 17. The molecule has 2 N–H and O–H groups in total. The molecule has 1 rings (SSSR count). The molecule has 0 atom stereocenters. The molecule has 0 saturated carbocycles. The Morgan fingerprint density at radius 2 is 1.63 bits per heavy atom. The highest BCUT2D eigenvalue weighted by Crippen LogP contribution is 2.38. The Morgan fingerprint density at radius 1 is 1.00 bits per heavy atom. The van der Waals surface area contributed by atoms with Gasteiger partial charge in [0, 0.05) is 19.4 Å². The molecule has 166 valence electrons. The second-order valence-corrected chi connectivity index (χ2v) is 8.76. The lowest BCUT2D eigenvalue weighted by molar-refractivity contribution is -0.121. The number of unbranched alkanes of at least 4 members (excludes halogenated alkanes) is 2. The summed E-state index contributed by atoms with van der Waals surface area (Å²) < 4.78 is 29.7. The van der Waals surface area contributed by atoms with Gasteiger partial charge in [0.2, 0.25) is 5.91 Å². The van der Waals surface area contributed by atoms with Crippen molar-refractivity contribution in [3.63, 3.8) is 0 Å². The zero-order valence-electron chi connectivity index (χ0n) is 17.5. The van der Waals surface area contributed by atoms with Gasteiger partial charge >= 0.3 is 0 Å². The van der Waals surface area contributed by atoms with E-state index in [4.69, 9.17) is 11.0 Å². The summed E-state index contributed by atoms with van der Waals surface area (Å²) in [5.41, 5.74) is -0.150. The molecule has 0 bridgehead atoms.